The van der Waals surface area contributed by atoms with Gasteiger partial charge in [-0.2, -0.15) is 5.10 Å². The molecule has 3 aromatic heterocycles. The van der Waals surface area contributed by atoms with Crippen LogP contribution < -0.4 is 20.4 Å². The van der Waals surface area contributed by atoms with E-state index in [2.05, 4.69) is 58.2 Å². The Balaban J connectivity index is 1.27. The van der Waals surface area contributed by atoms with Gasteiger partial charge in [-0.3, -0.25) is 14.5 Å². The van der Waals surface area contributed by atoms with Gasteiger partial charge in [-0.25, -0.2) is 9.97 Å². The van der Waals surface area contributed by atoms with E-state index in [-0.39, 0.29) is 5.91 Å². The van der Waals surface area contributed by atoms with Crippen LogP contribution in [0.25, 0.3) is 0 Å². The highest BCUT2D eigenvalue weighted by Gasteiger charge is 2.32. The molecule has 10 heteroatoms. The molecule has 0 bridgehead atoms. The van der Waals surface area contributed by atoms with Gasteiger partial charge in [0, 0.05) is 57.4 Å². The zero-order valence-corrected chi connectivity index (χ0v) is 18.3. The van der Waals surface area contributed by atoms with Crippen LogP contribution in [0.3, 0.4) is 0 Å². The van der Waals surface area contributed by atoms with E-state index in [1.807, 2.05) is 13.0 Å². The maximum atomic E-state index is 13.0. The van der Waals surface area contributed by atoms with Gasteiger partial charge in [0.2, 0.25) is 5.95 Å². The summed E-state index contributed by atoms with van der Waals surface area (Å²) in [5, 5.41) is 10.9. The Hall–Kier alpha value is -3.53. The fourth-order valence-corrected chi connectivity index (χ4v) is 4.27. The molecule has 32 heavy (non-hydrogen) atoms. The number of pyridine rings is 1. The van der Waals surface area contributed by atoms with Gasteiger partial charge < -0.3 is 20.4 Å². The number of piperazine rings is 1. The van der Waals surface area contributed by atoms with E-state index in [1.54, 1.807) is 24.7 Å². The molecule has 5 heterocycles. The number of hydrogen-bond donors (Lipinski definition) is 2. The van der Waals surface area contributed by atoms with Gasteiger partial charge in [0.25, 0.3) is 5.91 Å². The van der Waals surface area contributed by atoms with E-state index in [9.17, 15) is 4.79 Å². The first-order valence-corrected chi connectivity index (χ1v) is 10.9. The second kappa shape index (κ2) is 8.54. The number of aromatic nitrogens is 5. The van der Waals surface area contributed by atoms with Crippen molar-refractivity contribution in [2.24, 2.45) is 0 Å². The Morgan fingerprint density at radius 2 is 1.94 bits per heavy atom. The van der Waals surface area contributed by atoms with E-state index in [1.165, 1.54) is 0 Å². The molecule has 2 aliphatic heterocycles. The summed E-state index contributed by atoms with van der Waals surface area (Å²) >= 11 is 0. The van der Waals surface area contributed by atoms with Crippen LogP contribution in [0.5, 0.6) is 0 Å². The van der Waals surface area contributed by atoms with Crippen LogP contribution in [0.15, 0.2) is 36.8 Å². The van der Waals surface area contributed by atoms with Gasteiger partial charge in [0.05, 0.1) is 29.3 Å². The number of nitrogens with one attached hydrogen (secondary N) is 2. The first kappa shape index (κ1) is 20.4. The first-order valence-electron chi connectivity index (χ1n) is 10.9. The molecule has 3 aromatic rings. The molecule has 0 radical (unpaired) electrons. The summed E-state index contributed by atoms with van der Waals surface area (Å²) in [5.41, 5.74) is 4.16. The highest BCUT2D eigenvalue weighted by Crippen LogP contribution is 2.27. The van der Waals surface area contributed by atoms with Crippen molar-refractivity contribution in [1.29, 1.82) is 0 Å². The van der Waals surface area contributed by atoms with Crippen LogP contribution in [0.1, 0.15) is 27.9 Å². The number of carbonyl (C=O) groups excluding carboxylic acids is 1. The van der Waals surface area contributed by atoms with Crippen LogP contribution >= 0.6 is 0 Å². The summed E-state index contributed by atoms with van der Waals surface area (Å²) in [4.78, 5) is 30.4. The fraction of sp³-hybridized carbons (Fsp3) is 0.409. The Labute approximate surface area is 186 Å². The van der Waals surface area contributed by atoms with E-state index in [4.69, 9.17) is 0 Å². The summed E-state index contributed by atoms with van der Waals surface area (Å²) in [6.07, 6.45) is 5.07. The fourth-order valence-electron chi connectivity index (χ4n) is 4.27. The summed E-state index contributed by atoms with van der Waals surface area (Å²) in [6, 6.07) is 5.95. The lowest BCUT2D eigenvalue weighted by atomic mass is 10.1. The van der Waals surface area contributed by atoms with Crippen molar-refractivity contribution < 1.29 is 4.79 Å². The number of rotatable bonds is 5. The third-order valence-electron chi connectivity index (χ3n) is 5.92. The molecular weight excluding hydrogens is 406 g/mol. The third-order valence-corrected chi connectivity index (χ3v) is 5.92. The quantitative estimate of drug-likeness (QED) is 0.622. The van der Waals surface area contributed by atoms with Crippen molar-refractivity contribution in [2.45, 2.75) is 19.9 Å². The molecule has 0 unspecified atom stereocenters. The van der Waals surface area contributed by atoms with E-state index < -0.39 is 0 Å². The minimum absolute atomic E-state index is 0.270. The lowest BCUT2D eigenvalue weighted by Gasteiger charge is -2.39. The molecule has 5 rings (SSSR count). The van der Waals surface area contributed by atoms with Crippen LogP contribution in [0.4, 0.5) is 17.3 Å². The van der Waals surface area contributed by atoms with Crippen molar-refractivity contribution >= 4 is 23.2 Å². The first-order chi connectivity index (χ1) is 15.6. The smallest absolute Gasteiger partial charge is 0.274 e. The second-order valence-corrected chi connectivity index (χ2v) is 8.26. The zero-order chi connectivity index (χ0) is 22.1. The van der Waals surface area contributed by atoms with E-state index in [0.717, 1.165) is 56.3 Å². The number of amides is 1. The molecule has 0 saturated carbocycles. The normalized spacial score (nSPS) is 16.7. The van der Waals surface area contributed by atoms with Crippen molar-refractivity contribution in [2.75, 3.05) is 54.4 Å². The molecule has 0 atom stereocenters. The highest BCUT2D eigenvalue weighted by molar-refractivity contribution is 6.04. The number of nitrogens with zero attached hydrogens (tertiary/aromatic N) is 7. The van der Waals surface area contributed by atoms with Gasteiger partial charge in [0.15, 0.2) is 0 Å². The predicted molar refractivity (Wildman–Crippen MR) is 122 cm³/mol. The van der Waals surface area contributed by atoms with Gasteiger partial charge in [0.1, 0.15) is 5.69 Å². The van der Waals surface area contributed by atoms with Crippen molar-refractivity contribution in [3.63, 3.8) is 0 Å². The third kappa shape index (κ3) is 4.01. The Morgan fingerprint density at radius 3 is 2.69 bits per heavy atom. The Kier molecular flexibility index (Phi) is 5.44. The minimum atomic E-state index is -0.270. The molecule has 2 saturated heterocycles. The average Bonchev–Trinajstić information content (AvgIpc) is 3.11. The minimum Gasteiger partial charge on any atom is -0.367 e. The number of hydrogen-bond acceptors (Lipinski definition) is 8. The van der Waals surface area contributed by atoms with Crippen molar-refractivity contribution in [1.82, 2.24) is 30.0 Å². The van der Waals surface area contributed by atoms with E-state index >= 15 is 0 Å². The predicted octanol–water partition coefficient (Wildman–Crippen LogP) is 1.41. The van der Waals surface area contributed by atoms with Gasteiger partial charge in [-0.05, 0) is 32.0 Å². The van der Waals surface area contributed by atoms with Crippen LogP contribution in [0.2, 0.25) is 0 Å². The summed E-state index contributed by atoms with van der Waals surface area (Å²) in [5.74, 6) is 0.289. The number of carbonyl (C=O) groups is 1. The summed E-state index contributed by atoms with van der Waals surface area (Å²) < 4.78 is 2.06. The number of anilines is 3. The monoisotopic (exact) mass is 433 g/mol. The standard InChI is InChI=1S/C22H27N9O/c1-15-11-16(2)31(28-15)17-13-30(14-17)22-25-6-3-18(27-22)21(32)26-19-12-24-5-4-20(19)29-9-7-23-8-10-29/h3-6,11-12,17,23H,7-10,13-14H2,1-2H3,(H,26,32). The van der Waals surface area contributed by atoms with Gasteiger partial charge >= 0.3 is 0 Å². The molecule has 166 valence electrons. The molecule has 2 fully saturated rings. The SMILES string of the molecule is Cc1cc(C)n(C2CN(c3nccc(C(=O)Nc4cnccc4N4CCNCC4)n3)C2)n1. The molecular formula is C22H27N9O. The molecule has 1 amide bonds. The zero-order valence-electron chi connectivity index (χ0n) is 18.3. The molecule has 10 nitrogen and oxygen atoms in total. The summed E-state index contributed by atoms with van der Waals surface area (Å²) in [6.45, 7) is 9.20. The summed E-state index contributed by atoms with van der Waals surface area (Å²) in [7, 11) is 0. The van der Waals surface area contributed by atoms with Crippen LogP contribution in [0, 0.1) is 13.8 Å². The molecule has 0 aliphatic carbocycles. The topological polar surface area (TPSA) is 104 Å². The maximum absolute atomic E-state index is 13.0. The Morgan fingerprint density at radius 1 is 1.12 bits per heavy atom. The molecule has 0 spiro atoms. The van der Waals surface area contributed by atoms with E-state index in [0.29, 0.717) is 23.4 Å². The lowest BCUT2D eigenvalue weighted by Crippen LogP contribution is -2.49. The molecule has 0 aromatic carbocycles. The van der Waals surface area contributed by atoms with Crippen LogP contribution in [-0.2, 0) is 0 Å². The van der Waals surface area contributed by atoms with Gasteiger partial charge in [-0.1, -0.05) is 0 Å². The molecule has 2 N–H and O–H groups in total. The second-order valence-electron chi connectivity index (χ2n) is 8.26. The van der Waals surface area contributed by atoms with Crippen molar-refractivity contribution in [3.05, 3.63) is 53.9 Å². The van der Waals surface area contributed by atoms with Gasteiger partial charge in [-0.15, -0.1) is 0 Å². The molecule has 2 aliphatic rings. The Bertz CT molecular complexity index is 1120. The highest BCUT2D eigenvalue weighted by atomic mass is 16.1. The average molecular weight is 434 g/mol. The maximum Gasteiger partial charge on any atom is 0.274 e. The van der Waals surface area contributed by atoms with Crippen molar-refractivity contribution in [3.8, 4) is 0 Å². The van der Waals surface area contributed by atoms with Crippen LogP contribution in [-0.4, -0.2) is 69.9 Å². The lowest BCUT2D eigenvalue weighted by molar-refractivity contribution is 0.102. The number of aryl methyl sites for hydroxylation is 2. The largest absolute Gasteiger partial charge is 0.367 e.